The number of aliphatic carboxylic acids is 1. The molecule has 0 radical (unpaired) electrons. The van der Waals surface area contributed by atoms with Crippen molar-refractivity contribution in [1.29, 1.82) is 0 Å². The van der Waals surface area contributed by atoms with Gasteiger partial charge < -0.3 is 19.6 Å². The molecule has 2 fully saturated rings. The molecule has 152 valence electrons. The number of para-hydroxylation sites is 1. The van der Waals surface area contributed by atoms with E-state index in [4.69, 9.17) is 9.84 Å². The fourth-order valence-corrected chi connectivity index (χ4v) is 4.13. The second-order valence-electron chi connectivity index (χ2n) is 7.82. The summed E-state index contributed by atoms with van der Waals surface area (Å²) in [5.41, 5.74) is 0.440. The van der Waals surface area contributed by atoms with E-state index in [1.54, 1.807) is 4.90 Å². The van der Waals surface area contributed by atoms with Crippen LogP contribution in [0.25, 0.3) is 0 Å². The van der Waals surface area contributed by atoms with Gasteiger partial charge in [0.15, 0.2) is 0 Å². The SMILES string of the molecule is CC1(C2CCN(C(=O)CCCC(=O)O)CC2)CN(c2ccccc2)C(=O)CO1. The van der Waals surface area contributed by atoms with Crippen LogP contribution in [0, 0.1) is 5.92 Å². The van der Waals surface area contributed by atoms with E-state index >= 15 is 0 Å². The number of carboxylic acid groups (broad SMARTS) is 1. The number of likely N-dealkylation sites (tertiary alicyclic amines) is 1. The zero-order chi connectivity index (χ0) is 20.1. The molecule has 0 aliphatic carbocycles. The third-order valence-electron chi connectivity index (χ3n) is 5.86. The number of anilines is 1. The van der Waals surface area contributed by atoms with Gasteiger partial charge in [-0.3, -0.25) is 14.4 Å². The molecule has 1 aromatic rings. The summed E-state index contributed by atoms with van der Waals surface area (Å²) >= 11 is 0. The summed E-state index contributed by atoms with van der Waals surface area (Å²) in [6.45, 7) is 3.93. The summed E-state index contributed by atoms with van der Waals surface area (Å²) < 4.78 is 6.00. The van der Waals surface area contributed by atoms with Crippen molar-refractivity contribution in [2.45, 2.75) is 44.6 Å². The molecule has 2 heterocycles. The van der Waals surface area contributed by atoms with Crippen LogP contribution in [-0.4, -0.2) is 59.6 Å². The van der Waals surface area contributed by atoms with Gasteiger partial charge in [0.2, 0.25) is 5.91 Å². The summed E-state index contributed by atoms with van der Waals surface area (Å²) in [5, 5.41) is 8.70. The van der Waals surface area contributed by atoms with E-state index in [0.717, 1.165) is 18.5 Å². The molecule has 2 saturated heterocycles. The van der Waals surface area contributed by atoms with Gasteiger partial charge in [0.1, 0.15) is 6.61 Å². The minimum absolute atomic E-state index is 0.0236. The van der Waals surface area contributed by atoms with Crippen LogP contribution in [0.15, 0.2) is 30.3 Å². The van der Waals surface area contributed by atoms with Gasteiger partial charge in [-0.1, -0.05) is 18.2 Å². The summed E-state index contributed by atoms with van der Waals surface area (Å²) in [6.07, 6.45) is 2.32. The Morgan fingerprint density at radius 3 is 2.50 bits per heavy atom. The zero-order valence-corrected chi connectivity index (χ0v) is 16.3. The predicted molar refractivity (Wildman–Crippen MR) is 104 cm³/mol. The van der Waals surface area contributed by atoms with Crippen molar-refractivity contribution in [1.82, 2.24) is 4.90 Å². The van der Waals surface area contributed by atoms with E-state index in [2.05, 4.69) is 6.92 Å². The second kappa shape index (κ2) is 8.73. The number of carbonyl (C=O) groups is 3. The standard InChI is InChI=1S/C21H28N2O5/c1-21(15-23(19(25)14-28-21)17-6-3-2-4-7-17)16-10-12-22(13-11-16)18(24)8-5-9-20(26)27/h2-4,6-7,16H,5,8-15H2,1H3,(H,26,27). The molecular formula is C21H28N2O5. The van der Waals surface area contributed by atoms with Crippen molar-refractivity contribution < 1.29 is 24.2 Å². The summed E-state index contributed by atoms with van der Waals surface area (Å²) in [7, 11) is 0. The van der Waals surface area contributed by atoms with Crippen LogP contribution < -0.4 is 4.90 Å². The highest BCUT2D eigenvalue weighted by molar-refractivity contribution is 5.95. The van der Waals surface area contributed by atoms with Crippen molar-refractivity contribution >= 4 is 23.5 Å². The summed E-state index contributed by atoms with van der Waals surface area (Å²) in [6, 6.07) is 9.63. The maximum absolute atomic E-state index is 12.4. The maximum atomic E-state index is 12.4. The number of amides is 2. The Hall–Kier alpha value is -2.41. The Morgan fingerprint density at radius 1 is 1.18 bits per heavy atom. The highest BCUT2D eigenvalue weighted by atomic mass is 16.5. The molecular weight excluding hydrogens is 360 g/mol. The molecule has 0 aromatic heterocycles. The van der Waals surface area contributed by atoms with Crippen molar-refractivity contribution in [3.63, 3.8) is 0 Å². The Balaban J connectivity index is 1.56. The van der Waals surface area contributed by atoms with Gasteiger partial charge in [-0.2, -0.15) is 0 Å². The van der Waals surface area contributed by atoms with Crippen LogP contribution in [0.1, 0.15) is 39.0 Å². The van der Waals surface area contributed by atoms with Gasteiger partial charge in [-0.15, -0.1) is 0 Å². The van der Waals surface area contributed by atoms with Gasteiger partial charge in [0.05, 0.1) is 12.1 Å². The average Bonchev–Trinajstić information content (AvgIpc) is 2.70. The van der Waals surface area contributed by atoms with E-state index in [1.165, 1.54) is 0 Å². The molecule has 7 heteroatoms. The zero-order valence-electron chi connectivity index (χ0n) is 16.3. The van der Waals surface area contributed by atoms with Crippen LogP contribution in [0.3, 0.4) is 0 Å². The second-order valence-corrected chi connectivity index (χ2v) is 7.82. The lowest BCUT2D eigenvalue weighted by atomic mass is 9.80. The quantitative estimate of drug-likeness (QED) is 0.808. The van der Waals surface area contributed by atoms with Gasteiger partial charge in [-0.05, 0) is 44.2 Å². The maximum Gasteiger partial charge on any atom is 0.303 e. The van der Waals surface area contributed by atoms with Crippen molar-refractivity contribution in [2.24, 2.45) is 5.92 Å². The fraction of sp³-hybridized carbons (Fsp3) is 0.571. The number of morpholine rings is 1. The Bertz CT molecular complexity index is 715. The largest absolute Gasteiger partial charge is 0.481 e. The normalized spacial score (nSPS) is 23.7. The number of nitrogens with zero attached hydrogens (tertiary/aromatic N) is 2. The number of hydrogen-bond donors (Lipinski definition) is 1. The Labute approximate surface area is 165 Å². The summed E-state index contributed by atoms with van der Waals surface area (Å²) in [5.74, 6) is -0.619. The van der Waals surface area contributed by atoms with E-state index in [9.17, 15) is 14.4 Å². The van der Waals surface area contributed by atoms with Gasteiger partial charge in [0.25, 0.3) is 5.91 Å². The first kappa shape index (κ1) is 20.3. The van der Waals surface area contributed by atoms with Gasteiger partial charge in [-0.25, -0.2) is 0 Å². The first-order valence-corrected chi connectivity index (χ1v) is 9.88. The fourth-order valence-electron chi connectivity index (χ4n) is 4.13. The van der Waals surface area contributed by atoms with Crippen LogP contribution in [0.4, 0.5) is 5.69 Å². The minimum Gasteiger partial charge on any atom is -0.481 e. The number of carbonyl (C=O) groups excluding carboxylic acids is 2. The molecule has 1 N–H and O–H groups in total. The Morgan fingerprint density at radius 2 is 1.86 bits per heavy atom. The van der Waals surface area contributed by atoms with E-state index < -0.39 is 11.6 Å². The molecule has 2 amide bonds. The number of rotatable bonds is 6. The van der Waals surface area contributed by atoms with E-state index in [1.807, 2.05) is 35.2 Å². The highest BCUT2D eigenvalue weighted by Crippen LogP contribution is 2.35. The summed E-state index contributed by atoms with van der Waals surface area (Å²) in [4.78, 5) is 38.9. The smallest absolute Gasteiger partial charge is 0.303 e. The minimum atomic E-state index is -0.869. The highest BCUT2D eigenvalue weighted by Gasteiger charge is 2.44. The molecule has 3 rings (SSSR count). The van der Waals surface area contributed by atoms with E-state index in [-0.39, 0.29) is 37.2 Å². The van der Waals surface area contributed by atoms with Crippen LogP contribution in [0.2, 0.25) is 0 Å². The van der Waals surface area contributed by atoms with E-state index in [0.29, 0.717) is 26.1 Å². The number of benzene rings is 1. The van der Waals surface area contributed by atoms with Crippen molar-refractivity contribution in [3.8, 4) is 0 Å². The molecule has 2 aliphatic heterocycles. The molecule has 2 aliphatic rings. The van der Waals surface area contributed by atoms with Gasteiger partial charge in [0, 0.05) is 31.6 Å². The first-order chi connectivity index (χ1) is 13.4. The first-order valence-electron chi connectivity index (χ1n) is 9.88. The Kier molecular flexibility index (Phi) is 6.34. The lowest BCUT2D eigenvalue weighted by Gasteiger charge is -2.47. The molecule has 7 nitrogen and oxygen atoms in total. The third-order valence-corrected chi connectivity index (χ3v) is 5.86. The van der Waals surface area contributed by atoms with Crippen LogP contribution >= 0.6 is 0 Å². The number of ether oxygens (including phenoxy) is 1. The molecule has 1 atom stereocenters. The van der Waals surface area contributed by atoms with Crippen molar-refractivity contribution in [3.05, 3.63) is 30.3 Å². The lowest BCUT2D eigenvalue weighted by Crippen LogP contribution is -2.58. The molecule has 1 aromatic carbocycles. The monoisotopic (exact) mass is 388 g/mol. The number of piperidine rings is 1. The number of hydrogen-bond acceptors (Lipinski definition) is 4. The topological polar surface area (TPSA) is 87.2 Å². The lowest BCUT2D eigenvalue weighted by molar-refractivity contribution is -0.148. The average molecular weight is 388 g/mol. The molecule has 0 bridgehead atoms. The van der Waals surface area contributed by atoms with Crippen molar-refractivity contribution in [2.75, 3.05) is 31.1 Å². The molecule has 28 heavy (non-hydrogen) atoms. The number of carboxylic acids is 1. The third kappa shape index (κ3) is 4.70. The molecule has 0 spiro atoms. The molecule has 1 unspecified atom stereocenters. The van der Waals surface area contributed by atoms with Crippen LogP contribution in [0.5, 0.6) is 0 Å². The van der Waals surface area contributed by atoms with Crippen LogP contribution in [-0.2, 0) is 19.1 Å². The van der Waals surface area contributed by atoms with Gasteiger partial charge >= 0.3 is 5.97 Å². The molecule has 0 saturated carbocycles. The predicted octanol–water partition coefficient (Wildman–Crippen LogP) is 2.30.